The lowest BCUT2D eigenvalue weighted by Gasteiger charge is -2.21. The monoisotopic (exact) mass is 368 g/mol. The van der Waals surface area contributed by atoms with Gasteiger partial charge in [-0.15, -0.1) is 13.2 Å². The molecule has 1 N–H and O–H groups in total. The van der Waals surface area contributed by atoms with Crippen molar-refractivity contribution in [3.05, 3.63) is 36.0 Å². The number of aryl methyl sites for hydroxylation is 1. The third kappa shape index (κ3) is 5.79. The number of aromatic nitrogens is 2. The van der Waals surface area contributed by atoms with E-state index in [-0.39, 0.29) is 5.75 Å². The Labute approximate surface area is 151 Å². The molecule has 2 aromatic rings. The zero-order chi connectivity index (χ0) is 19.2. The van der Waals surface area contributed by atoms with Crippen molar-refractivity contribution in [2.75, 3.05) is 23.3 Å². The van der Waals surface area contributed by atoms with E-state index in [0.29, 0.717) is 11.6 Å². The van der Waals surface area contributed by atoms with Crippen LogP contribution in [0.15, 0.2) is 30.3 Å². The molecule has 0 spiro atoms. The maximum Gasteiger partial charge on any atom is 0.573 e. The molecule has 0 saturated heterocycles. The van der Waals surface area contributed by atoms with E-state index < -0.39 is 6.36 Å². The van der Waals surface area contributed by atoms with Gasteiger partial charge in [0.05, 0.1) is 0 Å². The molecule has 8 heteroatoms. The van der Waals surface area contributed by atoms with Crippen molar-refractivity contribution >= 4 is 17.5 Å². The van der Waals surface area contributed by atoms with Gasteiger partial charge in [-0.2, -0.15) is 4.98 Å². The molecule has 1 heterocycles. The zero-order valence-electron chi connectivity index (χ0n) is 15.1. The summed E-state index contributed by atoms with van der Waals surface area (Å²) in [4.78, 5) is 11.1. The van der Waals surface area contributed by atoms with Crippen LogP contribution in [0, 0.1) is 0 Å². The fraction of sp³-hybridized carbons (Fsp3) is 0.444. The Bertz CT molecular complexity index is 701. The number of rotatable bonds is 8. The minimum Gasteiger partial charge on any atom is -0.406 e. The van der Waals surface area contributed by atoms with Gasteiger partial charge in [0, 0.05) is 30.5 Å². The Balaban J connectivity index is 2.22. The zero-order valence-corrected chi connectivity index (χ0v) is 15.1. The van der Waals surface area contributed by atoms with Crippen molar-refractivity contribution in [1.29, 1.82) is 0 Å². The average Bonchev–Trinajstić information content (AvgIpc) is 2.57. The van der Waals surface area contributed by atoms with Crippen molar-refractivity contribution in [1.82, 2.24) is 9.97 Å². The van der Waals surface area contributed by atoms with E-state index in [1.54, 1.807) is 0 Å². The van der Waals surface area contributed by atoms with Crippen LogP contribution in [-0.4, -0.2) is 29.4 Å². The molecule has 0 bridgehead atoms. The van der Waals surface area contributed by atoms with Gasteiger partial charge >= 0.3 is 6.36 Å². The van der Waals surface area contributed by atoms with Crippen LogP contribution in [0.5, 0.6) is 5.75 Å². The molecular formula is C18H23F3N4O. The van der Waals surface area contributed by atoms with Crippen LogP contribution in [0.4, 0.5) is 30.6 Å². The minimum absolute atomic E-state index is 0.271. The average molecular weight is 368 g/mol. The molecule has 0 aliphatic carbocycles. The summed E-state index contributed by atoms with van der Waals surface area (Å²) in [5.74, 6) is 0.975. The van der Waals surface area contributed by atoms with Gasteiger partial charge in [-0.1, -0.05) is 13.3 Å². The molecule has 0 fully saturated rings. The van der Waals surface area contributed by atoms with E-state index in [0.717, 1.165) is 37.4 Å². The highest BCUT2D eigenvalue weighted by Crippen LogP contribution is 2.25. The Kier molecular flexibility index (Phi) is 6.65. The van der Waals surface area contributed by atoms with Crippen molar-refractivity contribution in [3.63, 3.8) is 0 Å². The normalized spacial score (nSPS) is 11.3. The second-order valence-electron chi connectivity index (χ2n) is 5.66. The number of anilines is 3. The lowest BCUT2D eigenvalue weighted by Crippen LogP contribution is -2.23. The fourth-order valence-electron chi connectivity index (χ4n) is 2.50. The van der Waals surface area contributed by atoms with E-state index >= 15 is 0 Å². The first-order chi connectivity index (χ1) is 12.3. The van der Waals surface area contributed by atoms with Crippen LogP contribution < -0.4 is 15.0 Å². The molecule has 0 aliphatic rings. The first-order valence-electron chi connectivity index (χ1n) is 8.60. The van der Waals surface area contributed by atoms with E-state index in [2.05, 4.69) is 45.7 Å². The highest BCUT2D eigenvalue weighted by molar-refractivity contribution is 5.56. The minimum atomic E-state index is -4.70. The van der Waals surface area contributed by atoms with Crippen LogP contribution in [0.3, 0.4) is 0 Å². The summed E-state index contributed by atoms with van der Waals surface area (Å²) in [6.45, 7) is 7.82. The number of benzene rings is 1. The predicted molar refractivity (Wildman–Crippen MR) is 96.0 cm³/mol. The van der Waals surface area contributed by atoms with Gasteiger partial charge in [0.15, 0.2) is 0 Å². The molecule has 1 aromatic carbocycles. The molecule has 0 saturated carbocycles. The van der Waals surface area contributed by atoms with Gasteiger partial charge < -0.3 is 15.0 Å². The van der Waals surface area contributed by atoms with Crippen molar-refractivity contribution in [2.24, 2.45) is 0 Å². The summed E-state index contributed by atoms with van der Waals surface area (Å²) in [5.41, 5.74) is 1.50. The van der Waals surface area contributed by atoms with E-state index in [9.17, 15) is 13.2 Å². The first kappa shape index (κ1) is 19.8. The van der Waals surface area contributed by atoms with Gasteiger partial charge in [0.25, 0.3) is 0 Å². The number of nitrogens with zero attached hydrogens (tertiary/aromatic N) is 3. The number of halogens is 3. The maximum absolute atomic E-state index is 12.2. The number of ether oxygens (including phenoxy) is 1. The van der Waals surface area contributed by atoms with Gasteiger partial charge in [-0.3, -0.25) is 0 Å². The van der Waals surface area contributed by atoms with E-state index in [4.69, 9.17) is 0 Å². The van der Waals surface area contributed by atoms with Crippen LogP contribution in [0.2, 0.25) is 0 Å². The summed E-state index contributed by atoms with van der Waals surface area (Å²) in [6, 6.07) is 7.46. The highest BCUT2D eigenvalue weighted by Gasteiger charge is 2.30. The van der Waals surface area contributed by atoms with Gasteiger partial charge in [0.2, 0.25) is 5.95 Å². The molecular weight excluding hydrogens is 345 g/mol. The third-order valence-corrected chi connectivity index (χ3v) is 3.70. The van der Waals surface area contributed by atoms with E-state index in [1.807, 2.05) is 6.07 Å². The van der Waals surface area contributed by atoms with Crippen molar-refractivity contribution in [3.8, 4) is 5.75 Å². The molecule has 1 aromatic heterocycles. The largest absolute Gasteiger partial charge is 0.573 e. The molecule has 2 rings (SSSR count). The van der Waals surface area contributed by atoms with Gasteiger partial charge in [0.1, 0.15) is 11.6 Å². The topological polar surface area (TPSA) is 50.3 Å². The smallest absolute Gasteiger partial charge is 0.406 e. The fourth-order valence-corrected chi connectivity index (χ4v) is 2.50. The summed E-state index contributed by atoms with van der Waals surface area (Å²) in [6.07, 6.45) is -2.92. The Hall–Kier alpha value is -2.51. The third-order valence-electron chi connectivity index (χ3n) is 3.70. The number of hydrogen-bond donors (Lipinski definition) is 1. The molecule has 0 atom stereocenters. The predicted octanol–water partition coefficient (Wildman–Crippen LogP) is 4.92. The Morgan fingerprint density at radius 2 is 1.69 bits per heavy atom. The van der Waals surface area contributed by atoms with Crippen LogP contribution in [0.25, 0.3) is 0 Å². The first-order valence-corrected chi connectivity index (χ1v) is 8.60. The number of hydrogen-bond acceptors (Lipinski definition) is 5. The Morgan fingerprint density at radius 3 is 2.23 bits per heavy atom. The van der Waals surface area contributed by atoms with Gasteiger partial charge in [-0.05, 0) is 44.5 Å². The van der Waals surface area contributed by atoms with Crippen molar-refractivity contribution in [2.45, 2.75) is 40.0 Å². The molecule has 5 nitrogen and oxygen atoms in total. The van der Waals surface area contributed by atoms with Gasteiger partial charge in [-0.25, -0.2) is 4.98 Å². The molecule has 0 aliphatic heterocycles. The lowest BCUT2D eigenvalue weighted by molar-refractivity contribution is -0.274. The lowest BCUT2D eigenvalue weighted by atomic mass is 10.2. The van der Waals surface area contributed by atoms with Crippen molar-refractivity contribution < 1.29 is 17.9 Å². The molecule has 142 valence electrons. The second-order valence-corrected chi connectivity index (χ2v) is 5.66. The summed E-state index contributed by atoms with van der Waals surface area (Å²) in [5, 5.41) is 3.05. The quantitative estimate of drug-likeness (QED) is 0.717. The maximum atomic E-state index is 12.2. The standard InChI is InChI=1S/C18H23F3N4O/c1-4-7-14-12-16(25(5-2)6-3)24-17(23-14)22-13-8-10-15(11-9-13)26-18(19,20)21/h8-12H,4-7H2,1-3H3,(H,22,23,24). The number of alkyl halides is 3. The number of nitrogens with one attached hydrogen (secondary N) is 1. The van der Waals surface area contributed by atoms with Crippen LogP contribution in [0.1, 0.15) is 32.9 Å². The summed E-state index contributed by atoms with van der Waals surface area (Å²) < 4.78 is 40.6. The van der Waals surface area contributed by atoms with Crippen LogP contribution >= 0.6 is 0 Å². The summed E-state index contributed by atoms with van der Waals surface area (Å²) in [7, 11) is 0. The molecule has 0 amide bonds. The van der Waals surface area contributed by atoms with E-state index in [1.165, 1.54) is 24.3 Å². The Morgan fingerprint density at radius 1 is 1.04 bits per heavy atom. The molecule has 0 radical (unpaired) electrons. The molecule has 26 heavy (non-hydrogen) atoms. The second kappa shape index (κ2) is 8.73. The molecule has 0 unspecified atom stereocenters. The SMILES string of the molecule is CCCc1cc(N(CC)CC)nc(Nc2ccc(OC(F)(F)F)cc2)n1. The highest BCUT2D eigenvalue weighted by atomic mass is 19.4. The van der Waals surface area contributed by atoms with Crippen LogP contribution in [-0.2, 0) is 6.42 Å². The summed E-state index contributed by atoms with van der Waals surface area (Å²) >= 11 is 0.